The molecule has 0 fully saturated rings. The van der Waals surface area contributed by atoms with Gasteiger partial charge in [-0.2, -0.15) is 0 Å². The van der Waals surface area contributed by atoms with Gasteiger partial charge in [-0.05, 0) is 19.8 Å². The highest BCUT2D eigenvalue weighted by Crippen LogP contribution is 2.19. The third-order valence-electron chi connectivity index (χ3n) is 3.06. The predicted molar refractivity (Wildman–Crippen MR) is 65.4 cm³/mol. The zero-order valence-electron chi connectivity index (χ0n) is 10.7. The summed E-state index contributed by atoms with van der Waals surface area (Å²) in [7, 11) is 0. The van der Waals surface area contributed by atoms with Crippen LogP contribution in [0.3, 0.4) is 0 Å². The molecule has 0 aliphatic rings. The molecule has 0 spiro atoms. The van der Waals surface area contributed by atoms with E-state index < -0.39 is 29.2 Å². The van der Waals surface area contributed by atoms with Crippen LogP contribution in [0.2, 0.25) is 0 Å². The molecule has 0 radical (unpaired) electrons. The Balaban J connectivity index is 4.63. The van der Waals surface area contributed by atoms with E-state index in [9.17, 15) is 14.4 Å². The van der Waals surface area contributed by atoms with E-state index in [1.807, 2.05) is 0 Å². The molecule has 18 heavy (non-hydrogen) atoms. The number of nitrogens with two attached hydrogens (primary N) is 2. The summed E-state index contributed by atoms with van der Waals surface area (Å²) in [6.45, 7) is 3.58. The van der Waals surface area contributed by atoms with Gasteiger partial charge in [-0.3, -0.25) is 9.59 Å². The standard InChI is InChI=1S/C11H21N3O4/c1-3-11(2,6-12)10(18)14-7(9(16)17)4-5-8(13)15/h7H,3-6,12H2,1-2H3,(H2,13,15)(H,14,18)(H,16,17)/t7-,11?/m1/s1. The summed E-state index contributed by atoms with van der Waals surface area (Å²) in [4.78, 5) is 33.5. The minimum atomic E-state index is -1.19. The largest absolute Gasteiger partial charge is 0.480 e. The Kier molecular flexibility index (Phi) is 6.32. The second-order valence-corrected chi connectivity index (χ2v) is 4.49. The smallest absolute Gasteiger partial charge is 0.326 e. The number of hydrogen-bond acceptors (Lipinski definition) is 4. The zero-order chi connectivity index (χ0) is 14.3. The Morgan fingerprint density at radius 2 is 1.94 bits per heavy atom. The highest BCUT2D eigenvalue weighted by atomic mass is 16.4. The van der Waals surface area contributed by atoms with Crippen LogP contribution in [0.15, 0.2) is 0 Å². The molecule has 0 aliphatic carbocycles. The number of carboxylic acids is 1. The third kappa shape index (κ3) is 4.70. The molecule has 0 aromatic carbocycles. The van der Waals surface area contributed by atoms with Crippen LogP contribution in [0.5, 0.6) is 0 Å². The fourth-order valence-electron chi connectivity index (χ4n) is 1.27. The molecular weight excluding hydrogens is 238 g/mol. The number of amides is 2. The van der Waals surface area contributed by atoms with Crippen molar-refractivity contribution in [2.24, 2.45) is 16.9 Å². The molecule has 2 amide bonds. The molecule has 7 heteroatoms. The fourth-order valence-corrected chi connectivity index (χ4v) is 1.27. The van der Waals surface area contributed by atoms with Gasteiger partial charge in [0.15, 0.2) is 0 Å². The summed E-state index contributed by atoms with van der Waals surface area (Å²) >= 11 is 0. The molecule has 104 valence electrons. The minimum Gasteiger partial charge on any atom is -0.480 e. The van der Waals surface area contributed by atoms with E-state index in [-0.39, 0.29) is 19.4 Å². The molecule has 6 N–H and O–H groups in total. The van der Waals surface area contributed by atoms with Gasteiger partial charge in [0.2, 0.25) is 11.8 Å². The lowest BCUT2D eigenvalue weighted by molar-refractivity contribution is -0.144. The van der Waals surface area contributed by atoms with Crippen molar-refractivity contribution in [3.8, 4) is 0 Å². The molecule has 2 atom stereocenters. The maximum absolute atomic E-state index is 11.9. The lowest BCUT2D eigenvalue weighted by Gasteiger charge is -2.27. The first kappa shape index (κ1) is 16.4. The van der Waals surface area contributed by atoms with Crippen molar-refractivity contribution in [2.75, 3.05) is 6.54 Å². The van der Waals surface area contributed by atoms with Crippen molar-refractivity contribution in [3.63, 3.8) is 0 Å². The fraction of sp³-hybridized carbons (Fsp3) is 0.727. The van der Waals surface area contributed by atoms with Crippen LogP contribution in [-0.4, -0.2) is 35.5 Å². The van der Waals surface area contributed by atoms with E-state index in [1.165, 1.54) is 0 Å². The van der Waals surface area contributed by atoms with Gasteiger partial charge in [-0.15, -0.1) is 0 Å². The van der Waals surface area contributed by atoms with Crippen molar-refractivity contribution in [2.45, 2.75) is 39.2 Å². The Bertz CT molecular complexity index is 326. The van der Waals surface area contributed by atoms with Gasteiger partial charge in [-0.25, -0.2) is 4.79 Å². The maximum Gasteiger partial charge on any atom is 0.326 e. The number of nitrogens with one attached hydrogen (secondary N) is 1. The quantitative estimate of drug-likeness (QED) is 0.452. The zero-order valence-corrected chi connectivity index (χ0v) is 10.7. The lowest BCUT2D eigenvalue weighted by Crippen LogP contribution is -2.50. The van der Waals surface area contributed by atoms with E-state index >= 15 is 0 Å². The van der Waals surface area contributed by atoms with E-state index in [4.69, 9.17) is 16.6 Å². The molecule has 1 unspecified atom stereocenters. The molecular formula is C11H21N3O4. The average molecular weight is 259 g/mol. The Labute approximate surface area is 106 Å². The molecule has 0 bridgehead atoms. The van der Waals surface area contributed by atoms with Crippen LogP contribution in [0.4, 0.5) is 0 Å². The van der Waals surface area contributed by atoms with Crippen molar-refractivity contribution in [1.82, 2.24) is 5.32 Å². The van der Waals surface area contributed by atoms with Gasteiger partial charge in [0.1, 0.15) is 6.04 Å². The summed E-state index contributed by atoms with van der Waals surface area (Å²) in [5, 5.41) is 11.3. The molecule has 0 rings (SSSR count). The third-order valence-corrected chi connectivity index (χ3v) is 3.06. The monoisotopic (exact) mass is 259 g/mol. The molecule has 0 aromatic heterocycles. The number of carbonyl (C=O) groups excluding carboxylic acids is 2. The molecule has 0 heterocycles. The van der Waals surface area contributed by atoms with Crippen LogP contribution in [0, 0.1) is 5.41 Å². The van der Waals surface area contributed by atoms with Crippen LogP contribution < -0.4 is 16.8 Å². The summed E-state index contributed by atoms with van der Waals surface area (Å²) in [6.07, 6.45) is 0.376. The van der Waals surface area contributed by atoms with E-state index in [2.05, 4.69) is 5.32 Å². The summed E-state index contributed by atoms with van der Waals surface area (Å²) < 4.78 is 0. The van der Waals surface area contributed by atoms with Gasteiger partial charge in [0, 0.05) is 13.0 Å². The predicted octanol–water partition coefficient (Wildman–Crippen LogP) is -0.804. The van der Waals surface area contributed by atoms with Crippen molar-refractivity contribution in [1.29, 1.82) is 0 Å². The highest BCUT2D eigenvalue weighted by Gasteiger charge is 2.32. The van der Waals surface area contributed by atoms with E-state index in [0.29, 0.717) is 6.42 Å². The van der Waals surface area contributed by atoms with Crippen LogP contribution in [0.25, 0.3) is 0 Å². The van der Waals surface area contributed by atoms with Crippen LogP contribution in [-0.2, 0) is 14.4 Å². The summed E-state index contributed by atoms with van der Waals surface area (Å²) in [5.74, 6) is -2.22. The maximum atomic E-state index is 11.9. The second kappa shape index (κ2) is 6.95. The Hall–Kier alpha value is -1.63. The van der Waals surface area contributed by atoms with E-state index in [1.54, 1.807) is 13.8 Å². The number of rotatable bonds is 8. The number of carbonyl (C=O) groups is 3. The van der Waals surface area contributed by atoms with Crippen LogP contribution in [0.1, 0.15) is 33.1 Å². The van der Waals surface area contributed by atoms with Crippen molar-refractivity contribution in [3.05, 3.63) is 0 Å². The lowest BCUT2D eigenvalue weighted by atomic mass is 9.86. The summed E-state index contributed by atoms with van der Waals surface area (Å²) in [5.41, 5.74) is 9.65. The SMILES string of the molecule is CCC(C)(CN)C(=O)N[C@H](CCC(N)=O)C(=O)O. The highest BCUT2D eigenvalue weighted by molar-refractivity contribution is 5.87. The van der Waals surface area contributed by atoms with Gasteiger partial charge in [-0.1, -0.05) is 6.92 Å². The van der Waals surface area contributed by atoms with Crippen molar-refractivity contribution >= 4 is 17.8 Å². The molecule has 0 saturated carbocycles. The van der Waals surface area contributed by atoms with Gasteiger partial charge < -0.3 is 21.9 Å². The number of primary amides is 1. The number of hydrogen-bond donors (Lipinski definition) is 4. The first-order valence-corrected chi connectivity index (χ1v) is 5.79. The minimum absolute atomic E-state index is 0.0270. The van der Waals surface area contributed by atoms with Crippen LogP contribution >= 0.6 is 0 Å². The molecule has 7 nitrogen and oxygen atoms in total. The molecule has 0 aliphatic heterocycles. The number of carboxylic acid groups (broad SMARTS) is 1. The van der Waals surface area contributed by atoms with Gasteiger partial charge >= 0.3 is 5.97 Å². The normalized spacial score (nSPS) is 15.5. The Morgan fingerprint density at radius 3 is 2.28 bits per heavy atom. The van der Waals surface area contributed by atoms with Crippen molar-refractivity contribution < 1.29 is 19.5 Å². The molecule has 0 aromatic rings. The first-order valence-electron chi connectivity index (χ1n) is 5.79. The first-order chi connectivity index (χ1) is 8.26. The molecule has 0 saturated heterocycles. The average Bonchev–Trinajstić information content (AvgIpc) is 2.32. The van der Waals surface area contributed by atoms with Gasteiger partial charge in [0.25, 0.3) is 0 Å². The van der Waals surface area contributed by atoms with Gasteiger partial charge in [0.05, 0.1) is 5.41 Å². The topological polar surface area (TPSA) is 136 Å². The van der Waals surface area contributed by atoms with E-state index in [0.717, 1.165) is 0 Å². The second-order valence-electron chi connectivity index (χ2n) is 4.49. The Morgan fingerprint density at radius 1 is 1.39 bits per heavy atom. The number of aliphatic carboxylic acids is 1. The summed E-state index contributed by atoms with van der Waals surface area (Å²) in [6, 6.07) is -1.12.